The van der Waals surface area contributed by atoms with Crippen molar-refractivity contribution in [1.29, 1.82) is 0 Å². The zero-order valence-electron chi connectivity index (χ0n) is 8.70. The van der Waals surface area contributed by atoms with Gasteiger partial charge in [0.25, 0.3) is 0 Å². The fourth-order valence-electron chi connectivity index (χ4n) is 1.69. The van der Waals surface area contributed by atoms with Crippen LogP contribution in [0.2, 0.25) is 0 Å². The smallest absolute Gasteiger partial charge is 0.146 e. The molecule has 0 aliphatic carbocycles. The molecular weight excluding hydrogens is 190 g/mol. The number of nitrogens with one attached hydrogen (secondary N) is 1. The molecule has 0 aliphatic rings. The Balaban J connectivity index is 2.87. The quantitative estimate of drug-likeness (QED) is 0.493. The Morgan fingerprint density at radius 3 is 2.47 bits per heavy atom. The van der Waals surface area contributed by atoms with E-state index in [4.69, 9.17) is 0 Å². The summed E-state index contributed by atoms with van der Waals surface area (Å²) < 4.78 is 0. The maximum Gasteiger partial charge on any atom is 0.146 e. The fraction of sp³-hybridized carbons (Fsp3) is 0.167. The van der Waals surface area contributed by atoms with Gasteiger partial charge in [0, 0.05) is 23.9 Å². The second-order valence-corrected chi connectivity index (χ2v) is 3.59. The molecule has 3 N–H and O–H groups in total. The molecule has 0 unspecified atom stereocenters. The zero-order valence-corrected chi connectivity index (χ0v) is 8.70. The minimum absolute atomic E-state index is 0.172. The lowest BCUT2D eigenvalue weighted by molar-refractivity contribution is 0.471. The number of hydrogen-bond donors (Lipinski definition) is 3. The van der Waals surface area contributed by atoms with E-state index in [1.54, 1.807) is 13.1 Å². The summed E-state index contributed by atoms with van der Waals surface area (Å²) >= 11 is 0. The standard InChI is InChI=1S/C12H13NO2/c1-7-3-4-8-9(5-7)11(14)6-10(13-2)12(8)15/h3-6,13-15H,1-2H3. The predicted molar refractivity (Wildman–Crippen MR) is 61.6 cm³/mol. The molecule has 0 amide bonds. The topological polar surface area (TPSA) is 52.5 Å². The van der Waals surface area contributed by atoms with Crippen LogP contribution < -0.4 is 5.32 Å². The molecule has 0 bridgehead atoms. The summed E-state index contributed by atoms with van der Waals surface area (Å²) in [4.78, 5) is 0. The highest BCUT2D eigenvalue weighted by Crippen LogP contribution is 2.38. The highest BCUT2D eigenvalue weighted by Gasteiger charge is 2.09. The van der Waals surface area contributed by atoms with Crippen molar-refractivity contribution in [3.8, 4) is 11.5 Å². The molecule has 0 radical (unpaired) electrons. The minimum atomic E-state index is 0.172. The van der Waals surface area contributed by atoms with Crippen molar-refractivity contribution >= 4 is 16.5 Å². The van der Waals surface area contributed by atoms with E-state index in [-0.39, 0.29) is 11.5 Å². The maximum atomic E-state index is 9.89. The van der Waals surface area contributed by atoms with Crippen molar-refractivity contribution in [2.45, 2.75) is 6.92 Å². The van der Waals surface area contributed by atoms with Crippen LogP contribution in [0.25, 0.3) is 10.8 Å². The number of benzene rings is 2. The highest BCUT2D eigenvalue weighted by atomic mass is 16.3. The van der Waals surface area contributed by atoms with Gasteiger partial charge in [0.2, 0.25) is 0 Å². The van der Waals surface area contributed by atoms with Gasteiger partial charge in [0.15, 0.2) is 0 Å². The van der Waals surface area contributed by atoms with E-state index in [1.807, 2.05) is 19.1 Å². The van der Waals surface area contributed by atoms with Crippen LogP contribution in [-0.4, -0.2) is 17.3 Å². The summed E-state index contributed by atoms with van der Waals surface area (Å²) in [6.45, 7) is 1.95. The second kappa shape index (κ2) is 3.35. The molecule has 0 spiro atoms. The molecule has 0 aromatic heterocycles. The summed E-state index contributed by atoms with van der Waals surface area (Å²) in [5, 5.41) is 23.8. The van der Waals surface area contributed by atoms with Gasteiger partial charge in [0.1, 0.15) is 11.5 Å². The van der Waals surface area contributed by atoms with Crippen LogP contribution in [0.4, 0.5) is 5.69 Å². The maximum absolute atomic E-state index is 9.89. The summed E-state index contributed by atoms with van der Waals surface area (Å²) in [6, 6.07) is 7.09. The highest BCUT2D eigenvalue weighted by molar-refractivity contribution is 5.97. The van der Waals surface area contributed by atoms with Gasteiger partial charge >= 0.3 is 0 Å². The first-order chi connectivity index (χ1) is 7.13. The van der Waals surface area contributed by atoms with Crippen LogP contribution in [0, 0.1) is 6.92 Å². The molecule has 2 aromatic rings. The molecule has 0 fully saturated rings. The van der Waals surface area contributed by atoms with Gasteiger partial charge in [-0.3, -0.25) is 0 Å². The summed E-state index contributed by atoms with van der Waals surface area (Å²) in [6.07, 6.45) is 0. The molecule has 2 aromatic carbocycles. The van der Waals surface area contributed by atoms with Gasteiger partial charge in [-0.05, 0) is 13.0 Å². The van der Waals surface area contributed by atoms with Gasteiger partial charge in [-0.1, -0.05) is 17.7 Å². The summed E-state index contributed by atoms with van der Waals surface area (Å²) in [5.74, 6) is 0.348. The molecule has 15 heavy (non-hydrogen) atoms. The molecule has 0 atom stereocenters. The third kappa shape index (κ3) is 1.46. The Hall–Kier alpha value is -1.90. The van der Waals surface area contributed by atoms with Crippen molar-refractivity contribution < 1.29 is 10.2 Å². The molecule has 0 saturated carbocycles. The van der Waals surface area contributed by atoms with Gasteiger partial charge in [0.05, 0.1) is 5.69 Å². The fourth-order valence-corrected chi connectivity index (χ4v) is 1.69. The average molecular weight is 203 g/mol. The van der Waals surface area contributed by atoms with E-state index < -0.39 is 0 Å². The molecular formula is C12H13NO2. The van der Waals surface area contributed by atoms with Gasteiger partial charge < -0.3 is 15.5 Å². The average Bonchev–Trinajstić information content (AvgIpc) is 2.23. The first-order valence-corrected chi connectivity index (χ1v) is 4.76. The van der Waals surface area contributed by atoms with Gasteiger partial charge in [-0.25, -0.2) is 0 Å². The Morgan fingerprint density at radius 2 is 1.80 bits per heavy atom. The lowest BCUT2D eigenvalue weighted by Crippen LogP contribution is -1.89. The number of fused-ring (bicyclic) bond motifs is 1. The molecule has 0 aliphatic heterocycles. The number of aryl methyl sites for hydroxylation is 1. The normalized spacial score (nSPS) is 10.5. The lowest BCUT2D eigenvalue weighted by Gasteiger charge is -2.09. The van der Waals surface area contributed by atoms with E-state index >= 15 is 0 Å². The largest absolute Gasteiger partial charge is 0.507 e. The molecule has 78 valence electrons. The molecule has 2 rings (SSSR count). The van der Waals surface area contributed by atoms with Crippen molar-refractivity contribution in [3.63, 3.8) is 0 Å². The number of hydrogen-bond acceptors (Lipinski definition) is 3. The number of phenols is 2. The van der Waals surface area contributed by atoms with Crippen molar-refractivity contribution in [3.05, 3.63) is 29.8 Å². The number of anilines is 1. The number of rotatable bonds is 1. The Bertz CT molecular complexity index is 521. The first kappa shape index (κ1) is 9.65. The van der Waals surface area contributed by atoms with E-state index in [9.17, 15) is 10.2 Å². The predicted octanol–water partition coefficient (Wildman–Crippen LogP) is 2.60. The van der Waals surface area contributed by atoms with E-state index in [2.05, 4.69) is 5.32 Å². The second-order valence-electron chi connectivity index (χ2n) is 3.59. The summed E-state index contributed by atoms with van der Waals surface area (Å²) in [7, 11) is 1.70. The Kier molecular flexibility index (Phi) is 2.15. The minimum Gasteiger partial charge on any atom is -0.507 e. The van der Waals surface area contributed by atoms with Crippen LogP contribution >= 0.6 is 0 Å². The Labute approximate surface area is 88.0 Å². The van der Waals surface area contributed by atoms with Crippen LogP contribution in [0.3, 0.4) is 0 Å². The van der Waals surface area contributed by atoms with Crippen LogP contribution in [0.15, 0.2) is 24.3 Å². The van der Waals surface area contributed by atoms with Crippen molar-refractivity contribution in [2.75, 3.05) is 12.4 Å². The molecule has 3 heteroatoms. The third-order valence-electron chi connectivity index (χ3n) is 2.51. The van der Waals surface area contributed by atoms with Crippen molar-refractivity contribution in [2.24, 2.45) is 0 Å². The van der Waals surface area contributed by atoms with E-state index in [1.165, 1.54) is 6.07 Å². The van der Waals surface area contributed by atoms with Crippen LogP contribution in [-0.2, 0) is 0 Å². The lowest BCUT2D eigenvalue weighted by atomic mass is 10.0. The SMILES string of the molecule is CNc1cc(O)c2cc(C)ccc2c1O. The number of phenolic OH excluding ortho intramolecular Hbond substituents is 2. The zero-order chi connectivity index (χ0) is 11.0. The third-order valence-corrected chi connectivity index (χ3v) is 2.51. The van der Waals surface area contributed by atoms with Gasteiger partial charge in [-0.15, -0.1) is 0 Å². The number of aromatic hydroxyl groups is 2. The monoisotopic (exact) mass is 203 g/mol. The Morgan fingerprint density at radius 1 is 1.07 bits per heavy atom. The van der Waals surface area contributed by atoms with E-state index in [0.29, 0.717) is 16.5 Å². The molecule has 0 saturated heterocycles. The molecule has 0 heterocycles. The molecule has 3 nitrogen and oxygen atoms in total. The van der Waals surface area contributed by atoms with Crippen LogP contribution in [0.1, 0.15) is 5.56 Å². The van der Waals surface area contributed by atoms with Crippen LogP contribution in [0.5, 0.6) is 11.5 Å². The first-order valence-electron chi connectivity index (χ1n) is 4.76. The van der Waals surface area contributed by atoms with Crippen molar-refractivity contribution in [1.82, 2.24) is 0 Å². The van der Waals surface area contributed by atoms with Gasteiger partial charge in [-0.2, -0.15) is 0 Å². The summed E-state index contributed by atoms with van der Waals surface area (Å²) in [5.41, 5.74) is 1.58. The van der Waals surface area contributed by atoms with E-state index in [0.717, 1.165) is 5.56 Å².